The molecule has 0 fully saturated rings. The zero-order valence-electron chi connectivity index (χ0n) is 17.0. The number of carbonyl (C=O) groups excluding carboxylic acids is 1. The van der Waals surface area contributed by atoms with E-state index < -0.39 is 5.97 Å². The third-order valence-corrected chi connectivity index (χ3v) is 6.10. The normalized spacial score (nSPS) is 21.1. The number of rotatable bonds is 10. The first-order valence-corrected chi connectivity index (χ1v) is 10.9. The molecule has 0 spiro atoms. The van der Waals surface area contributed by atoms with Crippen molar-refractivity contribution >= 4 is 39.2 Å². The summed E-state index contributed by atoms with van der Waals surface area (Å²) in [4.78, 5) is 11.8. The average molecular weight is 488 g/mol. The zero-order chi connectivity index (χ0) is 21.4. The molecule has 1 aliphatic carbocycles. The zero-order valence-corrected chi connectivity index (χ0v) is 19.4. The number of alkyl halides is 1. The highest BCUT2D eigenvalue weighted by atomic mass is 79.9. The highest BCUT2D eigenvalue weighted by Crippen LogP contribution is 2.38. The maximum Gasteiger partial charge on any atom is 0.326 e. The maximum absolute atomic E-state index is 11.8. The fraction of sp³-hybridized carbons (Fsp3) is 0.524. The summed E-state index contributed by atoms with van der Waals surface area (Å²) < 4.78 is 16.8. The predicted molar refractivity (Wildman–Crippen MR) is 118 cm³/mol. The molecule has 6 nitrogen and oxygen atoms in total. The first-order valence-electron chi connectivity index (χ1n) is 9.56. The van der Waals surface area contributed by atoms with Crippen LogP contribution < -0.4 is 5.32 Å². The van der Waals surface area contributed by atoms with Crippen LogP contribution in [0.15, 0.2) is 46.0 Å². The summed E-state index contributed by atoms with van der Waals surface area (Å²) in [5.74, 6) is 0.972. The van der Waals surface area contributed by atoms with E-state index in [1.807, 2.05) is 31.2 Å². The first-order chi connectivity index (χ1) is 13.8. The fourth-order valence-electron chi connectivity index (χ4n) is 3.17. The molecule has 2 aliphatic rings. The molecule has 0 saturated heterocycles. The van der Waals surface area contributed by atoms with Crippen LogP contribution in [0.3, 0.4) is 0 Å². The largest absolute Gasteiger partial charge is 0.458 e. The Morgan fingerprint density at radius 1 is 1.52 bits per heavy atom. The Balaban J connectivity index is 2.23. The van der Waals surface area contributed by atoms with Gasteiger partial charge in [0, 0.05) is 29.2 Å². The molecule has 0 amide bonds. The molecule has 2 rings (SSSR count). The van der Waals surface area contributed by atoms with Gasteiger partial charge in [-0.2, -0.15) is 0 Å². The lowest BCUT2D eigenvalue weighted by atomic mass is 9.79. The Kier molecular flexibility index (Phi) is 8.83. The average Bonchev–Trinajstić information content (AvgIpc) is 3.18. The van der Waals surface area contributed by atoms with Gasteiger partial charge in [-0.05, 0) is 36.4 Å². The van der Waals surface area contributed by atoms with Crippen LogP contribution in [0.25, 0.3) is 0 Å². The van der Waals surface area contributed by atoms with Crippen LogP contribution in [0.1, 0.15) is 40.0 Å². The summed E-state index contributed by atoms with van der Waals surface area (Å²) >= 11 is 9.08. The van der Waals surface area contributed by atoms with Crippen LogP contribution in [0.2, 0.25) is 0 Å². The van der Waals surface area contributed by atoms with Gasteiger partial charge < -0.3 is 24.9 Å². The SMILES string of the molecule is C/C=C(/Br)CC(C)(CC)/C(=C/C(=N)C1C=CC2=C(C1)OCO2)NCC(=O)OCCl. The van der Waals surface area contributed by atoms with Crippen LogP contribution in [-0.2, 0) is 19.0 Å². The van der Waals surface area contributed by atoms with Crippen LogP contribution in [0.5, 0.6) is 0 Å². The van der Waals surface area contributed by atoms with Gasteiger partial charge in [-0.15, -0.1) is 0 Å². The quantitative estimate of drug-likeness (QED) is 0.254. The monoisotopic (exact) mass is 486 g/mol. The van der Waals surface area contributed by atoms with Crippen LogP contribution in [0.4, 0.5) is 0 Å². The van der Waals surface area contributed by atoms with Gasteiger partial charge in [0.15, 0.2) is 11.8 Å². The third-order valence-electron chi connectivity index (χ3n) is 5.25. The Morgan fingerprint density at radius 3 is 2.93 bits per heavy atom. The molecule has 0 radical (unpaired) electrons. The lowest BCUT2D eigenvalue weighted by Crippen LogP contribution is -2.34. The van der Waals surface area contributed by atoms with Crippen molar-refractivity contribution in [3.05, 3.63) is 46.0 Å². The second-order valence-electron chi connectivity index (χ2n) is 7.18. The molecule has 0 bridgehead atoms. The van der Waals surface area contributed by atoms with E-state index in [1.54, 1.807) is 0 Å². The van der Waals surface area contributed by atoms with Gasteiger partial charge >= 0.3 is 5.97 Å². The molecule has 0 aromatic carbocycles. The van der Waals surface area contributed by atoms with Gasteiger partial charge in [-0.1, -0.05) is 53.5 Å². The van der Waals surface area contributed by atoms with E-state index in [4.69, 9.17) is 31.2 Å². The number of carbonyl (C=O) groups is 1. The lowest BCUT2D eigenvalue weighted by molar-refractivity contribution is -0.140. The van der Waals surface area contributed by atoms with Crippen molar-refractivity contribution in [2.24, 2.45) is 11.3 Å². The van der Waals surface area contributed by atoms with E-state index in [0.29, 0.717) is 12.1 Å². The summed E-state index contributed by atoms with van der Waals surface area (Å²) in [6.45, 7) is 6.39. The molecule has 0 saturated carbocycles. The van der Waals surface area contributed by atoms with E-state index in [-0.39, 0.29) is 30.7 Å². The Bertz CT molecular complexity index is 760. The molecule has 160 valence electrons. The van der Waals surface area contributed by atoms with Crippen molar-refractivity contribution < 1.29 is 19.0 Å². The Labute approximate surface area is 185 Å². The summed E-state index contributed by atoms with van der Waals surface area (Å²) in [7, 11) is 0. The first kappa shape index (κ1) is 23.5. The lowest BCUT2D eigenvalue weighted by Gasteiger charge is -2.33. The molecular formula is C21H28BrClN2O4. The van der Waals surface area contributed by atoms with Gasteiger partial charge in [-0.3, -0.25) is 4.79 Å². The second-order valence-corrected chi connectivity index (χ2v) is 8.42. The van der Waals surface area contributed by atoms with Crippen molar-refractivity contribution in [2.45, 2.75) is 40.0 Å². The number of allylic oxidation sites excluding steroid dienone is 7. The van der Waals surface area contributed by atoms with Gasteiger partial charge in [0.05, 0.1) is 0 Å². The minimum Gasteiger partial charge on any atom is -0.458 e. The number of halogens is 2. The van der Waals surface area contributed by atoms with Crippen LogP contribution in [-0.4, -0.2) is 31.1 Å². The highest BCUT2D eigenvalue weighted by molar-refractivity contribution is 9.11. The predicted octanol–water partition coefficient (Wildman–Crippen LogP) is 5.12. The van der Waals surface area contributed by atoms with Gasteiger partial charge in [0.1, 0.15) is 12.3 Å². The molecule has 29 heavy (non-hydrogen) atoms. The molecule has 0 aromatic rings. The van der Waals surface area contributed by atoms with E-state index in [2.05, 4.69) is 35.1 Å². The van der Waals surface area contributed by atoms with Crippen molar-refractivity contribution in [1.29, 1.82) is 5.41 Å². The van der Waals surface area contributed by atoms with E-state index in [0.717, 1.165) is 34.5 Å². The van der Waals surface area contributed by atoms with E-state index in [1.165, 1.54) is 0 Å². The van der Waals surface area contributed by atoms with Crippen molar-refractivity contribution in [2.75, 3.05) is 19.4 Å². The smallest absolute Gasteiger partial charge is 0.326 e. The molecule has 2 N–H and O–H groups in total. The molecular weight excluding hydrogens is 460 g/mol. The number of nitrogens with one attached hydrogen (secondary N) is 2. The van der Waals surface area contributed by atoms with Gasteiger partial charge in [0.25, 0.3) is 0 Å². The van der Waals surface area contributed by atoms with Crippen molar-refractivity contribution in [3.63, 3.8) is 0 Å². The van der Waals surface area contributed by atoms with E-state index >= 15 is 0 Å². The van der Waals surface area contributed by atoms with E-state index in [9.17, 15) is 4.79 Å². The molecule has 0 aromatic heterocycles. The molecule has 1 heterocycles. The Hall–Kier alpha value is -1.73. The van der Waals surface area contributed by atoms with Crippen molar-refractivity contribution in [1.82, 2.24) is 5.32 Å². The number of ether oxygens (including phenoxy) is 3. The van der Waals surface area contributed by atoms with Gasteiger partial charge in [0.2, 0.25) is 6.79 Å². The highest BCUT2D eigenvalue weighted by Gasteiger charge is 2.31. The number of hydrogen-bond acceptors (Lipinski definition) is 6. The standard InChI is InChI=1S/C21H28BrClN2O4/c1-4-15(22)10-21(3,5-2)19(25-11-20(26)27-12-23)9-16(24)14-6-7-17-18(8-14)29-13-28-17/h4,6-7,9,14,24-25H,5,8,10-13H2,1-3H3/b15-4+,19-9-,24-16?. The van der Waals surface area contributed by atoms with Crippen LogP contribution in [0, 0.1) is 16.7 Å². The van der Waals surface area contributed by atoms with Crippen molar-refractivity contribution in [3.8, 4) is 0 Å². The Morgan fingerprint density at radius 2 is 2.28 bits per heavy atom. The summed E-state index contributed by atoms with van der Waals surface area (Å²) in [6.07, 6.45) is 9.79. The second kappa shape index (κ2) is 10.9. The molecule has 8 heteroatoms. The van der Waals surface area contributed by atoms with Gasteiger partial charge in [-0.25, -0.2) is 0 Å². The number of hydrogen-bond donors (Lipinski definition) is 2. The fourth-order valence-corrected chi connectivity index (χ4v) is 3.91. The minimum absolute atomic E-state index is 0.0123. The molecule has 2 unspecified atom stereocenters. The number of esters is 1. The summed E-state index contributed by atoms with van der Waals surface area (Å²) in [5, 5.41) is 11.9. The third kappa shape index (κ3) is 6.37. The molecule has 2 atom stereocenters. The summed E-state index contributed by atoms with van der Waals surface area (Å²) in [5.41, 5.74) is 0.953. The minimum atomic E-state index is -0.440. The van der Waals surface area contributed by atoms with Crippen LogP contribution >= 0.6 is 27.5 Å². The maximum atomic E-state index is 11.8. The topological polar surface area (TPSA) is 80.6 Å². The molecule has 1 aliphatic heterocycles. The summed E-state index contributed by atoms with van der Waals surface area (Å²) in [6, 6.07) is -0.184.